The van der Waals surface area contributed by atoms with Gasteiger partial charge in [-0.05, 0) is 49.9 Å². The maximum atomic E-state index is 13.1. The van der Waals surface area contributed by atoms with Crippen LogP contribution in [0.5, 0.6) is 0 Å². The van der Waals surface area contributed by atoms with E-state index in [-0.39, 0.29) is 5.92 Å². The van der Waals surface area contributed by atoms with Crippen LogP contribution in [0.2, 0.25) is 0 Å². The molecule has 0 aromatic heterocycles. The summed E-state index contributed by atoms with van der Waals surface area (Å²) in [5.41, 5.74) is -3.96. The summed E-state index contributed by atoms with van der Waals surface area (Å²) in [6, 6.07) is 2.19. The lowest BCUT2D eigenvalue weighted by molar-refractivity contribution is -0.193. The smallest absolute Gasteiger partial charge is 0.325 e. The SMILES string of the molecule is CCCCC1(C(CCCC)(C(=O)O)C(C#N)(C(=O)O)C2CCCC2)CCCC1. The van der Waals surface area contributed by atoms with Crippen molar-refractivity contribution < 1.29 is 19.8 Å². The van der Waals surface area contributed by atoms with Crippen molar-refractivity contribution in [3.8, 4) is 6.07 Å². The Bertz CT molecular complexity index is 598. The molecule has 2 aliphatic rings. The number of carbonyl (C=O) groups is 2. The first kappa shape index (κ1) is 22.7. The van der Waals surface area contributed by atoms with Crippen molar-refractivity contribution >= 4 is 11.9 Å². The highest BCUT2D eigenvalue weighted by molar-refractivity contribution is 5.90. The standard InChI is InChI=1S/C23H37NO4/c1-3-5-13-21(14-9-10-15-21)23(20(27)28,16-6-4-2)22(17-24,19(25)26)18-11-7-8-12-18/h18H,3-16H2,1-2H3,(H,25,26)(H,27,28). The number of rotatable bonds is 11. The number of aliphatic carboxylic acids is 2. The maximum absolute atomic E-state index is 13.1. The molecule has 0 amide bonds. The fourth-order valence-corrected chi connectivity index (χ4v) is 6.58. The minimum atomic E-state index is -1.84. The summed E-state index contributed by atoms with van der Waals surface area (Å²) in [6.07, 6.45) is 10.6. The van der Waals surface area contributed by atoms with Gasteiger partial charge >= 0.3 is 11.9 Å². The molecule has 0 spiro atoms. The number of nitrogens with zero attached hydrogens (tertiary/aromatic N) is 1. The molecule has 2 aliphatic carbocycles. The third-order valence-electron chi connectivity index (χ3n) is 7.90. The van der Waals surface area contributed by atoms with Crippen LogP contribution in [-0.4, -0.2) is 22.2 Å². The van der Waals surface area contributed by atoms with Crippen molar-refractivity contribution in [3.05, 3.63) is 0 Å². The quantitative estimate of drug-likeness (QED) is 0.465. The lowest BCUT2D eigenvalue weighted by Crippen LogP contribution is -2.63. The number of carboxylic acid groups (broad SMARTS) is 2. The zero-order valence-electron chi connectivity index (χ0n) is 17.6. The fourth-order valence-electron chi connectivity index (χ4n) is 6.58. The van der Waals surface area contributed by atoms with Gasteiger partial charge in [0, 0.05) is 0 Å². The van der Waals surface area contributed by atoms with E-state index in [0.29, 0.717) is 32.1 Å². The van der Waals surface area contributed by atoms with Gasteiger partial charge in [0.1, 0.15) is 5.41 Å². The van der Waals surface area contributed by atoms with Gasteiger partial charge in [-0.25, -0.2) is 0 Å². The molecule has 5 heteroatoms. The van der Waals surface area contributed by atoms with Crippen molar-refractivity contribution in [1.82, 2.24) is 0 Å². The molecule has 0 saturated heterocycles. The Morgan fingerprint density at radius 3 is 2.00 bits per heavy atom. The van der Waals surface area contributed by atoms with Crippen LogP contribution in [0.25, 0.3) is 0 Å². The molecule has 0 aliphatic heterocycles. The molecule has 0 aromatic carbocycles. The van der Waals surface area contributed by atoms with E-state index < -0.39 is 28.2 Å². The van der Waals surface area contributed by atoms with Gasteiger partial charge in [-0.15, -0.1) is 0 Å². The molecule has 0 bridgehead atoms. The number of hydrogen-bond donors (Lipinski definition) is 2. The summed E-state index contributed by atoms with van der Waals surface area (Å²) in [7, 11) is 0. The highest BCUT2D eigenvalue weighted by Gasteiger charge is 2.73. The molecule has 158 valence electrons. The lowest BCUT2D eigenvalue weighted by Gasteiger charge is -2.54. The van der Waals surface area contributed by atoms with Gasteiger partial charge < -0.3 is 10.2 Å². The molecule has 2 saturated carbocycles. The molecule has 2 fully saturated rings. The van der Waals surface area contributed by atoms with Crippen molar-refractivity contribution in [2.75, 3.05) is 0 Å². The lowest BCUT2D eigenvalue weighted by atomic mass is 9.44. The Kier molecular flexibility index (Phi) is 7.53. The summed E-state index contributed by atoms with van der Waals surface area (Å²) in [5.74, 6) is -2.62. The maximum Gasteiger partial charge on any atom is 0.325 e. The topological polar surface area (TPSA) is 98.4 Å². The summed E-state index contributed by atoms with van der Waals surface area (Å²) in [5, 5.41) is 31.6. The number of carboxylic acids is 2. The summed E-state index contributed by atoms with van der Waals surface area (Å²) >= 11 is 0. The Morgan fingerprint density at radius 1 is 1.00 bits per heavy atom. The molecule has 2 atom stereocenters. The third-order valence-corrected chi connectivity index (χ3v) is 7.90. The van der Waals surface area contributed by atoms with Crippen molar-refractivity contribution in [2.45, 2.75) is 104 Å². The fraction of sp³-hybridized carbons (Fsp3) is 0.870. The highest BCUT2D eigenvalue weighted by atomic mass is 16.4. The Morgan fingerprint density at radius 2 is 1.57 bits per heavy atom. The van der Waals surface area contributed by atoms with Crippen LogP contribution in [0.15, 0.2) is 0 Å². The van der Waals surface area contributed by atoms with Crippen molar-refractivity contribution in [1.29, 1.82) is 5.26 Å². The van der Waals surface area contributed by atoms with Crippen molar-refractivity contribution in [2.24, 2.45) is 22.2 Å². The number of unbranched alkanes of at least 4 members (excludes halogenated alkanes) is 2. The second-order valence-electron chi connectivity index (χ2n) is 9.11. The second-order valence-corrected chi connectivity index (χ2v) is 9.11. The van der Waals surface area contributed by atoms with Crippen LogP contribution in [0.4, 0.5) is 0 Å². The van der Waals surface area contributed by atoms with E-state index in [0.717, 1.165) is 57.8 Å². The van der Waals surface area contributed by atoms with E-state index in [4.69, 9.17) is 0 Å². The molecule has 2 N–H and O–H groups in total. The van der Waals surface area contributed by atoms with Gasteiger partial charge in [0.25, 0.3) is 0 Å². The predicted octanol–water partition coefficient (Wildman–Crippen LogP) is 5.78. The first-order valence-corrected chi connectivity index (χ1v) is 11.3. The average molecular weight is 392 g/mol. The number of hydrogen-bond acceptors (Lipinski definition) is 3. The Labute approximate surface area is 169 Å². The molecule has 0 radical (unpaired) electrons. The summed E-state index contributed by atoms with van der Waals surface area (Å²) < 4.78 is 0. The number of nitriles is 1. The minimum absolute atomic E-state index is 0.291. The van der Waals surface area contributed by atoms with Crippen molar-refractivity contribution in [3.63, 3.8) is 0 Å². The average Bonchev–Trinajstić information content (AvgIpc) is 3.36. The molecule has 0 aromatic rings. The van der Waals surface area contributed by atoms with Gasteiger partial charge in [-0.1, -0.05) is 65.2 Å². The molecule has 2 unspecified atom stereocenters. The molecule has 5 nitrogen and oxygen atoms in total. The van der Waals surface area contributed by atoms with Gasteiger partial charge in [-0.2, -0.15) is 5.26 Å². The largest absolute Gasteiger partial charge is 0.481 e. The Balaban J connectivity index is 2.79. The van der Waals surface area contributed by atoms with Gasteiger partial charge in [0.15, 0.2) is 5.41 Å². The van der Waals surface area contributed by atoms with Crippen LogP contribution < -0.4 is 0 Å². The second kappa shape index (κ2) is 9.29. The zero-order chi connectivity index (χ0) is 20.8. The van der Waals surface area contributed by atoms with Gasteiger partial charge in [0.2, 0.25) is 0 Å². The molecule has 28 heavy (non-hydrogen) atoms. The van der Waals surface area contributed by atoms with E-state index in [1.807, 2.05) is 6.92 Å². The summed E-state index contributed by atoms with van der Waals surface area (Å²) in [6.45, 7) is 4.09. The highest BCUT2D eigenvalue weighted by Crippen LogP contribution is 2.67. The first-order valence-electron chi connectivity index (χ1n) is 11.3. The normalized spacial score (nSPS) is 23.6. The monoisotopic (exact) mass is 391 g/mol. The van der Waals surface area contributed by atoms with Crippen LogP contribution >= 0.6 is 0 Å². The molecular formula is C23H37NO4. The first-order chi connectivity index (χ1) is 13.4. The van der Waals surface area contributed by atoms with Crippen LogP contribution in [-0.2, 0) is 9.59 Å². The van der Waals surface area contributed by atoms with E-state index in [2.05, 4.69) is 13.0 Å². The van der Waals surface area contributed by atoms with Crippen LogP contribution in [0.1, 0.15) is 104 Å². The minimum Gasteiger partial charge on any atom is -0.481 e. The molecular weight excluding hydrogens is 354 g/mol. The summed E-state index contributed by atoms with van der Waals surface area (Å²) in [4.78, 5) is 26.0. The van der Waals surface area contributed by atoms with E-state index in [1.165, 1.54) is 0 Å². The van der Waals surface area contributed by atoms with E-state index >= 15 is 0 Å². The third kappa shape index (κ3) is 3.33. The van der Waals surface area contributed by atoms with E-state index in [9.17, 15) is 25.1 Å². The molecule has 0 heterocycles. The van der Waals surface area contributed by atoms with Gasteiger partial charge in [0.05, 0.1) is 6.07 Å². The molecule has 2 rings (SSSR count). The van der Waals surface area contributed by atoms with Gasteiger partial charge in [-0.3, -0.25) is 9.59 Å². The predicted molar refractivity (Wildman–Crippen MR) is 108 cm³/mol. The zero-order valence-corrected chi connectivity index (χ0v) is 17.6. The van der Waals surface area contributed by atoms with E-state index in [1.54, 1.807) is 0 Å². The Hall–Kier alpha value is -1.57. The van der Waals surface area contributed by atoms with Crippen LogP contribution in [0, 0.1) is 33.5 Å². The van der Waals surface area contributed by atoms with Crippen LogP contribution in [0.3, 0.4) is 0 Å².